The summed E-state index contributed by atoms with van der Waals surface area (Å²) in [5, 5.41) is 2.61. The molecule has 1 heterocycles. The van der Waals surface area contributed by atoms with Crippen LogP contribution in [0.1, 0.15) is 26.2 Å². The Morgan fingerprint density at radius 3 is 2.80 bits per heavy atom. The summed E-state index contributed by atoms with van der Waals surface area (Å²) >= 11 is 0. The van der Waals surface area contributed by atoms with Gasteiger partial charge in [-0.3, -0.25) is 4.79 Å². The zero-order valence-corrected chi connectivity index (χ0v) is 8.94. The van der Waals surface area contributed by atoms with Gasteiger partial charge in [0.15, 0.2) is 0 Å². The maximum Gasteiger partial charge on any atom is 0.229 e. The van der Waals surface area contributed by atoms with Gasteiger partial charge in [-0.05, 0) is 38.3 Å². The van der Waals surface area contributed by atoms with Gasteiger partial charge in [-0.25, -0.2) is 9.78 Å². The Hall–Kier alpha value is -0.870. The molecule has 0 bridgehead atoms. The van der Waals surface area contributed by atoms with E-state index < -0.39 is 0 Å². The molecule has 4 nitrogen and oxygen atoms in total. The van der Waals surface area contributed by atoms with E-state index >= 15 is 0 Å². The molecule has 0 aromatic rings. The lowest BCUT2D eigenvalue weighted by Crippen LogP contribution is -2.43. The van der Waals surface area contributed by atoms with Crippen LogP contribution < -0.4 is 5.32 Å². The van der Waals surface area contributed by atoms with Crippen molar-refractivity contribution < 1.29 is 14.6 Å². The average molecular weight is 211 g/mol. The van der Waals surface area contributed by atoms with E-state index in [9.17, 15) is 4.79 Å². The fourth-order valence-electron chi connectivity index (χ4n) is 1.97. The van der Waals surface area contributed by atoms with Crippen molar-refractivity contribution in [2.75, 3.05) is 0 Å². The van der Waals surface area contributed by atoms with Crippen molar-refractivity contribution in [1.82, 2.24) is 5.32 Å². The molecule has 2 rings (SSSR count). The van der Waals surface area contributed by atoms with Gasteiger partial charge in [0.05, 0.1) is 12.0 Å². The van der Waals surface area contributed by atoms with Crippen molar-refractivity contribution in [1.29, 1.82) is 0 Å². The minimum absolute atomic E-state index is 0.0218. The zero-order chi connectivity index (χ0) is 10.8. The van der Waals surface area contributed by atoms with Gasteiger partial charge in [-0.15, -0.1) is 0 Å². The first kappa shape index (κ1) is 10.6. The molecule has 3 atom stereocenters. The summed E-state index contributed by atoms with van der Waals surface area (Å²) in [6, 6.07) is 0. The molecule has 4 heteroatoms. The molecule has 1 aliphatic heterocycles. The van der Waals surface area contributed by atoms with Gasteiger partial charge in [0, 0.05) is 0 Å². The molecule has 1 saturated heterocycles. The van der Waals surface area contributed by atoms with E-state index in [0.717, 1.165) is 6.42 Å². The zero-order valence-electron chi connectivity index (χ0n) is 8.94. The Morgan fingerprint density at radius 1 is 1.47 bits per heavy atom. The minimum atomic E-state index is -0.181. The second kappa shape index (κ2) is 4.33. The van der Waals surface area contributed by atoms with Crippen molar-refractivity contribution in [2.45, 2.75) is 38.4 Å². The lowest BCUT2D eigenvalue weighted by molar-refractivity contribution is -0.382. The molecule has 0 aromatic heterocycles. The molecule has 84 valence electrons. The van der Waals surface area contributed by atoms with Crippen molar-refractivity contribution in [3.8, 4) is 0 Å². The summed E-state index contributed by atoms with van der Waals surface area (Å²) in [7, 11) is 0. The summed E-state index contributed by atoms with van der Waals surface area (Å²) in [5.74, 6) is 0.449. The maximum absolute atomic E-state index is 11.7. The highest BCUT2D eigenvalue weighted by molar-refractivity contribution is 5.80. The van der Waals surface area contributed by atoms with E-state index in [0.29, 0.717) is 5.92 Å². The first-order valence-electron chi connectivity index (χ1n) is 5.45. The third-order valence-corrected chi connectivity index (χ3v) is 3.11. The molecule has 1 amide bonds. The molecule has 0 aromatic carbocycles. The number of hydrogen-bond donors (Lipinski definition) is 1. The molecule has 2 fully saturated rings. The first-order valence-corrected chi connectivity index (χ1v) is 5.45. The van der Waals surface area contributed by atoms with Crippen LogP contribution in [0, 0.1) is 11.8 Å². The lowest BCUT2D eigenvalue weighted by Gasteiger charge is -2.32. The molecule has 1 N–H and O–H groups in total. The lowest BCUT2D eigenvalue weighted by atomic mass is 9.92. The van der Waals surface area contributed by atoms with E-state index in [4.69, 9.17) is 9.78 Å². The normalized spacial score (nSPS) is 35.9. The van der Waals surface area contributed by atoms with Gasteiger partial charge in [0.25, 0.3) is 0 Å². The van der Waals surface area contributed by atoms with Gasteiger partial charge in [0.1, 0.15) is 6.10 Å². The Bertz CT molecular complexity index is 263. The number of carbonyl (C=O) groups excluding carboxylic acids is 1. The van der Waals surface area contributed by atoms with Gasteiger partial charge in [-0.2, -0.15) is 0 Å². The number of amides is 1. The Morgan fingerprint density at radius 2 is 2.20 bits per heavy atom. The topological polar surface area (TPSA) is 47.6 Å². The molecule has 1 saturated carbocycles. The third kappa shape index (κ3) is 2.38. The van der Waals surface area contributed by atoms with Crippen molar-refractivity contribution >= 4 is 5.91 Å². The van der Waals surface area contributed by atoms with Crippen LogP contribution >= 0.6 is 0 Å². The number of carbonyl (C=O) groups is 1. The highest BCUT2D eigenvalue weighted by Gasteiger charge is 2.41. The quantitative estimate of drug-likeness (QED) is 0.717. The van der Waals surface area contributed by atoms with Crippen LogP contribution in [0.2, 0.25) is 0 Å². The highest BCUT2D eigenvalue weighted by atomic mass is 17.2. The maximum atomic E-state index is 11.7. The van der Waals surface area contributed by atoms with E-state index in [1.165, 1.54) is 19.0 Å². The molecule has 3 unspecified atom stereocenters. The van der Waals surface area contributed by atoms with E-state index in [2.05, 4.69) is 11.9 Å². The molecule has 2 aliphatic rings. The molecule has 1 aliphatic carbocycles. The van der Waals surface area contributed by atoms with Crippen molar-refractivity contribution in [2.24, 2.45) is 11.8 Å². The number of hydrogen-bond acceptors (Lipinski definition) is 3. The molecule has 15 heavy (non-hydrogen) atoms. The van der Waals surface area contributed by atoms with Crippen LogP contribution in [0.4, 0.5) is 0 Å². The predicted octanol–water partition coefficient (Wildman–Crippen LogP) is 1.38. The van der Waals surface area contributed by atoms with Crippen LogP contribution in [0.5, 0.6) is 0 Å². The molecular weight excluding hydrogens is 194 g/mol. The van der Waals surface area contributed by atoms with E-state index in [1.807, 2.05) is 6.92 Å². The largest absolute Gasteiger partial charge is 0.333 e. The smallest absolute Gasteiger partial charge is 0.229 e. The summed E-state index contributed by atoms with van der Waals surface area (Å²) in [6.45, 7) is 5.34. The fourth-order valence-corrected chi connectivity index (χ4v) is 1.97. The second-order valence-corrected chi connectivity index (χ2v) is 4.33. The molecular formula is C11H17NO3. The van der Waals surface area contributed by atoms with Gasteiger partial charge >= 0.3 is 0 Å². The standard InChI is InChI=1S/C11H17NO3/c1-3-12-11(13)9-6-10(8-4-5-8)15-14-7(9)2/h3,7-10H,1,4-6H2,2H3,(H,12,13). The SMILES string of the molecule is C=CNC(=O)C1CC(C2CC2)OOC1C. The summed E-state index contributed by atoms with van der Waals surface area (Å²) < 4.78 is 0. The predicted molar refractivity (Wildman–Crippen MR) is 54.6 cm³/mol. The Balaban J connectivity index is 1.94. The first-order chi connectivity index (χ1) is 7.22. The monoisotopic (exact) mass is 211 g/mol. The van der Waals surface area contributed by atoms with Crippen LogP contribution in [0.15, 0.2) is 12.8 Å². The number of nitrogens with one attached hydrogen (secondary N) is 1. The highest BCUT2D eigenvalue weighted by Crippen LogP contribution is 2.40. The molecule has 0 spiro atoms. The fraction of sp³-hybridized carbons (Fsp3) is 0.727. The third-order valence-electron chi connectivity index (χ3n) is 3.11. The van der Waals surface area contributed by atoms with E-state index in [1.54, 1.807) is 0 Å². The minimum Gasteiger partial charge on any atom is -0.333 e. The summed E-state index contributed by atoms with van der Waals surface area (Å²) in [6.07, 6.45) is 4.47. The second-order valence-electron chi connectivity index (χ2n) is 4.33. The summed E-state index contributed by atoms with van der Waals surface area (Å²) in [4.78, 5) is 22.1. The van der Waals surface area contributed by atoms with Crippen LogP contribution in [0.3, 0.4) is 0 Å². The van der Waals surface area contributed by atoms with Crippen molar-refractivity contribution in [3.05, 3.63) is 12.8 Å². The van der Waals surface area contributed by atoms with Gasteiger partial charge in [0.2, 0.25) is 5.91 Å². The average Bonchev–Trinajstić information content (AvgIpc) is 3.02. The molecule has 0 radical (unpaired) electrons. The van der Waals surface area contributed by atoms with Crippen molar-refractivity contribution in [3.63, 3.8) is 0 Å². The summed E-state index contributed by atoms with van der Waals surface area (Å²) in [5.41, 5.74) is 0. The van der Waals surface area contributed by atoms with Gasteiger partial charge in [-0.1, -0.05) is 6.58 Å². The van der Waals surface area contributed by atoms with Crippen LogP contribution in [0.25, 0.3) is 0 Å². The van der Waals surface area contributed by atoms with E-state index in [-0.39, 0.29) is 24.0 Å². The van der Waals surface area contributed by atoms with Crippen LogP contribution in [-0.4, -0.2) is 18.1 Å². The Labute approximate surface area is 89.6 Å². The van der Waals surface area contributed by atoms with Gasteiger partial charge < -0.3 is 5.32 Å². The van der Waals surface area contributed by atoms with Crippen LogP contribution in [-0.2, 0) is 14.6 Å². The number of rotatable bonds is 3. The Kier molecular flexibility index (Phi) is 3.07.